The summed E-state index contributed by atoms with van der Waals surface area (Å²) in [6, 6.07) is 3.55. The molecule has 1 aromatic rings. The van der Waals surface area contributed by atoms with E-state index >= 15 is 0 Å². The predicted molar refractivity (Wildman–Crippen MR) is 83.1 cm³/mol. The molecule has 0 radical (unpaired) electrons. The summed E-state index contributed by atoms with van der Waals surface area (Å²) in [6.07, 6.45) is 1.24. The normalized spacial score (nSPS) is 8.37. The van der Waals surface area contributed by atoms with E-state index in [0.717, 1.165) is 11.1 Å². The average molecular weight is 262 g/mol. The molecule has 1 aromatic carbocycles. The van der Waals surface area contributed by atoms with E-state index in [-0.39, 0.29) is 11.6 Å². The van der Waals surface area contributed by atoms with Gasteiger partial charge in [0.25, 0.3) is 0 Å². The minimum atomic E-state index is -0.193. The molecule has 106 valence electrons. The van der Waals surface area contributed by atoms with Crippen molar-refractivity contribution >= 4 is 11.6 Å². The summed E-state index contributed by atoms with van der Waals surface area (Å²) in [5.74, 6) is -0.287. The van der Waals surface area contributed by atoms with Crippen LogP contribution in [0.2, 0.25) is 0 Å². The van der Waals surface area contributed by atoms with Crippen LogP contribution in [0.4, 0.5) is 0 Å². The zero-order chi connectivity index (χ0) is 15.6. The van der Waals surface area contributed by atoms with E-state index in [0.29, 0.717) is 11.1 Å². The lowest BCUT2D eigenvalue weighted by molar-refractivity contribution is 0.0992. The Bertz CT molecular complexity index is 443. The van der Waals surface area contributed by atoms with Gasteiger partial charge in [0, 0.05) is 11.1 Å². The monoisotopic (exact) mass is 262 g/mol. The van der Waals surface area contributed by atoms with E-state index < -0.39 is 0 Å². The highest BCUT2D eigenvalue weighted by Gasteiger charge is 2.15. The fraction of sp³-hybridized carbons (Fsp3) is 0.412. The molecule has 0 aliphatic rings. The summed E-state index contributed by atoms with van der Waals surface area (Å²) in [4.78, 5) is 23.0. The van der Waals surface area contributed by atoms with Crippen molar-refractivity contribution in [3.8, 4) is 0 Å². The number of aryl methyl sites for hydroxylation is 1. The standard InChI is InChI=1S/C13H14O2.2C2H6/c1-5-12(15)13-9(3)8(2)6-7-11(13)10(4)14;2*1-2/h5-7H,1H2,2-4H3;2*1-2H3. The largest absolute Gasteiger partial charge is 0.294 e. The summed E-state index contributed by atoms with van der Waals surface area (Å²) in [7, 11) is 0. The van der Waals surface area contributed by atoms with E-state index in [1.54, 1.807) is 6.07 Å². The molecule has 1 rings (SSSR count). The highest BCUT2D eigenvalue weighted by molar-refractivity contribution is 6.13. The van der Waals surface area contributed by atoms with Crippen molar-refractivity contribution in [3.05, 3.63) is 47.0 Å². The molecular weight excluding hydrogens is 236 g/mol. The first kappa shape index (κ1) is 19.6. The van der Waals surface area contributed by atoms with Gasteiger partial charge in [-0.3, -0.25) is 9.59 Å². The molecule has 2 heteroatoms. The Labute approximate surface area is 117 Å². The van der Waals surface area contributed by atoms with Gasteiger partial charge in [-0.2, -0.15) is 0 Å². The molecule has 19 heavy (non-hydrogen) atoms. The van der Waals surface area contributed by atoms with Crippen LogP contribution in [0.5, 0.6) is 0 Å². The van der Waals surface area contributed by atoms with Crippen LogP contribution in [0.3, 0.4) is 0 Å². The van der Waals surface area contributed by atoms with Crippen LogP contribution < -0.4 is 0 Å². The van der Waals surface area contributed by atoms with Gasteiger partial charge >= 0.3 is 0 Å². The van der Waals surface area contributed by atoms with E-state index in [1.165, 1.54) is 13.0 Å². The van der Waals surface area contributed by atoms with Gasteiger partial charge in [0.15, 0.2) is 11.6 Å². The summed E-state index contributed by atoms with van der Waals surface area (Å²) < 4.78 is 0. The van der Waals surface area contributed by atoms with Gasteiger partial charge in [-0.05, 0) is 38.0 Å². The molecule has 0 unspecified atom stereocenters. The number of rotatable bonds is 3. The molecule has 0 saturated carbocycles. The maximum atomic E-state index is 11.6. The molecule has 0 atom stereocenters. The number of Topliss-reactive ketones (excluding diaryl/α,β-unsaturated/α-hetero) is 1. The molecule has 2 nitrogen and oxygen atoms in total. The predicted octanol–water partition coefficient (Wildman–Crippen LogP) is 4.93. The van der Waals surface area contributed by atoms with Crippen molar-refractivity contribution in [2.75, 3.05) is 0 Å². The Balaban J connectivity index is 0. The lowest BCUT2D eigenvalue weighted by Gasteiger charge is -2.10. The molecule has 0 amide bonds. The zero-order valence-electron chi connectivity index (χ0n) is 13.3. The number of carbonyl (C=O) groups excluding carboxylic acids is 2. The Hall–Kier alpha value is -1.70. The minimum absolute atomic E-state index is 0.0942. The van der Waals surface area contributed by atoms with Gasteiger partial charge in [0.05, 0.1) is 0 Å². The van der Waals surface area contributed by atoms with Crippen LogP contribution in [0.1, 0.15) is 66.5 Å². The highest BCUT2D eigenvalue weighted by atomic mass is 16.1. The summed E-state index contributed by atoms with van der Waals surface area (Å²) in [6.45, 7) is 16.7. The van der Waals surface area contributed by atoms with Gasteiger partial charge in [0.1, 0.15) is 0 Å². The lowest BCUT2D eigenvalue weighted by Crippen LogP contribution is -2.08. The van der Waals surface area contributed by atoms with Gasteiger partial charge < -0.3 is 0 Å². The summed E-state index contributed by atoms with van der Waals surface area (Å²) >= 11 is 0. The molecule has 0 aliphatic carbocycles. The van der Waals surface area contributed by atoms with Gasteiger partial charge in [-0.15, -0.1) is 0 Å². The molecule has 0 aliphatic heterocycles. The van der Waals surface area contributed by atoms with Crippen LogP contribution in [0.25, 0.3) is 0 Å². The quantitative estimate of drug-likeness (QED) is 0.572. The van der Waals surface area contributed by atoms with E-state index in [9.17, 15) is 9.59 Å². The van der Waals surface area contributed by atoms with E-state index in [4.69, 9.17) is 0 Å². The van der Waals surface area contributed by atoms with Crippen molar-refractivity contribution in [2.45, 2.75) is 48.5 Å². The Morgan fingerprint density at radius 1 is 1.05 bits per heavy atom. The van der Waals surface area contributed by atoms with Crippen molar-refractivity contribution < 1.29 is 9.59 Å². The van der Waals surface area contributed by atoms with Gasteiger partial charge in [-0.1, -0.05) is 46.4 Å². The average Bonchev–Trinajstić information content (AvgIpc) is 2.45. The van der Waals surface area contributed by atoms with Gasteiger partial charge in [0.2, 0.25) is 0 Å². The molecule has 0 spiro atoms. The topological polar surface area (TPSA) is 34.1 Å². The number of ketones is 2. The maximum Gasteiger partial charge on any atom is 0.186 e. The third-order valence-electron chi connectivity index (χ3n) is 2.55. The van der Waals surface area contributed by atoms with Crippen LogP contribution in [-0.2, 0) is 0 Å². The first-order chi connectivity index (χ1) is 8.99. The Morgan fingerprint density at radius 2 is 1.53 bits per heavy atom. The second-order valence-corrected chi connectivity index (χ2v) is 3.55. The molecular formula is C17H26O2. The SMILES string of the molecule is C=CC(=O)c1c(C(C)=O)ccc(C)c1C.CC.CC. The first-order valence-corrected chi connectivity index (χ1v) is 6.77. The van der Waals surface area contributed by atoms with Crippen LogP contribution in [0.15, 0.2) is 24.8 Å². The molecule has 0 heterocycles. The number of hydrogen-bond acceptors (Lipinski definition) is 2. The number of benzene rings is 1. The Morgan fingerprint density at radius 3 is 1.89 bits per heavy atom. The zero-order valence-corrected chi connectivity index (χ0v) is 13.3. The van der Waals surface area contributed by atoms with Crippen molar-refractivity contribution in [3.63, 3.8) is 0 Å². The summed E-state index contributed by atoms with van der Waals surface area (Å²) in [5, 5.41) is 0. The lowest BCUT2D eigenvalue weighted by atomic mass is 9.93. The van der Waals surface area contributed by atoms with E-state index in [2.05, 4.69) is 6.58 Å². The first-order valence-electron chi connectivity index (χ1n) is 6.77. The van der Waals surface area contributed by atoms with E-state index in [1.807, 2.05) is 47.6 Å². The minimum Gasteiger partial charge on any atom is -0.294 e. The maximum absolute atomic E-state index is 11.6. The van der Waals surface area contributed by atoms with Crippen molar-refractivity contribution in [1.29, 1.82) is 0 Å². The fourth-order valence-electron chi connectivity index (χ4n) is 1.53. The molecule has 0 bridgehead atoms. The van der Waals surface area contributed by atoms with Crippen LogP contribution in [0, 0.1) is 13.8 Å². The number of carbonyl (C=O) groups is 2. The highest BCUT2D eigenvalue weighted by Crippen LogP contribution is 2.19. The summed E-state index contributed by atoms with van der Waals surface area (Å²) in [5.41, 5.74) is 2.82. The molecule has 0 fully saturated rings. The number of hydrogen-bond donors (Lipinski definition) is 0. The van der Waals surface area contributed by atoms with Crippen molar-refractivity contribution in [1.82, 2.24) is 0 Å². The van der Waals surface area contributed by atoms with Crippen molar-refractivity contribution in [2.24, 2.45) is 0 Å². The molecule has 0 aromatic heterocycles. The van der Waals surface area contributed by atoms with Gasteiger partial charge in [-0.25, -0.2) is 0 Å². The smallest absolute Gasteiger partial charge is 0.186 e. The third kappa shape index (κ3) is 5.21. The molecule has 0 N–H and O–H groups in total. The second-order valence-electron chi connectivity index (χ2n) is 3.55. The Kier molecular flexibility index (Phi) is 10.6. The third-order valence-corrected chi connectivity index (χ3v) is 2.55. The fourth-order valence-corrected chi connectivity index (χ4v) is 1.53. The van der Waals surface area contributed by atoms with Crippen LogP contribution in [-0.4, -0.2) is 11.6 Å². The second kappa shape index (κ2) is 10.2. The molecule has 0 saturated heterocycles. The van der Waals surface area contributed by atoms with Crippen LogP contribution >= 0.6 is 0 Å². The number of allylic oxidation sites excluding steroid dienone is 1.